The van der Waals surface area contributed by atoms with Crippen LogP contribution in [-0.2, 0) is 51.0 Å². The van der Waals surface area contributed by atoms with E-state index in [2.05, 4.69) is 20.9 Å². The molecule has 316 valence electrons. The van der Waals surface area contributed by atoms with Crippen molar-refractivity contribution in [1.29, 1.82) is 0 Å². The monoisotopic (exact) mass is 797 g/mol. The number of ether oxygens (including phenoxy) is 6. The van der Waals surface area contributed by atoms with Crippen LogP contribution >= 0.6 is 0 Å². The van der Waals surface area contributed by atoms with Gasteiger partial charge in [-0.1, -0.05) is 5.21 Å². The van der Waals surface area contributed by atoms with Gasteiger partial charge in [0.15, 0.2) is 18.9 Å². The summed E-state index contributed by atoms with van der Waals surface area (Å²) in [6.45, 7) is 0.540. The number of nitrogens with zero attached hydrogens (tertiary/aromatic N) is 3. The molecule has 3 fully saturated rings. The van der Waals surface area contributed by atoms with Crippen molar-refractivity contribution in [2.75, 3.05) is 39.5 Å². The van der Waals surface area contributed by atoms with Gasteiger partial charge in [0.1, 0.15) is 73.2 Å². The number of rotatable bonds is 20. The first kappa shape index (κ1) is 45.1. The molecule has 3 aliphatic heterocycles. The molecule has 0 aliphatic carbocycles. The van der Waals surface area contributed by atoms with E-state index >= 15 is 0 Å². The van der Waals surface area contributed by atoms with Crippen molar-refractivity contribution in [3.8, 4) is 0 Å². The lowest BCUT2D eigenvalue weighted by Gasteiger charge is -2.46. The fourth-order valence-electron chi connectivity index (χ4n) is 6.17. The molecule has 23 nitrogen and oxygen atoms in total. The first-order chi connectivity index (χ1) is 26.3. The maximum atomic E-state index is 12.5. The van der Waals surface area contributed by atoms with Gasteiger partial charge >= 0.3 is 0 Å². The zero-order chi connectivity index (χ0) is 40.2. The minimum Gasteiger partial charge on any atom is -0.394 e. The zero-order valence-corrected chi connectivity index (χ0v) is 30.3. The van der Waals surface area contributed by atoms with Gasteiger partial charge in [0.25, 0.3) is 0 Å². The number of hydrogen-bond donors (Lipinski definition) is 12. The molecule has 23 heteroatoms. The molecule has 1 aromatic heterocycles. The Bertz CT molecular complexity index is 1310. The molecule has 1 aromatic rings. The van der Waals surface area contributed by atoms with Gasteiger partial charge in [-0.05, 0) is 19.8 Å². The molecule has 12 N–H and O–H groups in total. The molecule has 0 spiro atoms. The predicted molar refractivity (Wildman–Crippen MR) is 179 cm³/mol. The Kier molecular flexibility index (Phi) is 17.9. The molecule has 4 rings (SSSR count). The van der Waals surface area contributed by atoms with E-state index < -0.39 is 112 Å². The number of aliphatic hydroxyl groups excluding tert-OH is 10. The van der Waals surface area contributed by atoms with E-state index in [1.165, 1.54) is 0 Å². The van der Waals surface area contributed by atoms with Crippen LogP contribution in [0.1, 0.15) is 38.3 Å². The smallest absolute Gasteiger partial charge is 0.220 e. The van der Waals surface area contributed by atoms with Crippen molar-refractivity contribution in [3.63, 3.8) is 0 Å². The average Bonchev–Trinajstić information content (AvgIpc) is 3.63. The summed E-state index contributed by atoms with van der Waals surface area (Å²) < 4.78 is 34.9. The van der Waals surface area contributed by atoms with E-state index in [0.717, 1.165) is 0 Å². The average molecular weight is 798 g/mol. The van der Waals surface area contributed by atoms with Crippen LogP contribution in [-0.4, -0.2) is 210 Å². The third-order valence-corrected chi connectivity index (χ3v) is 9.37. The highest BCUT2D eigenvalue weighted by Gasteiger charge is 2.52. The molecular weight excluding hydrogens is 742 g/mol. The van der Waals surface area contributed by atoms with E-state index in [-0.39, 0.29) is 31.4 Å². The minimum absolute atomic E-state index is 0.0315. The van der Waals surface area contributed by atoms with Crippen LogP contribution < -0.4 is 10.6 Å². The van der Waals surface area contributed by atoms with Crippen LogP contribution in [0.3, 0.4) is 0 Å². The second-order valence-electron chi connectivity index (χ2n) is 13.5. The Hall–Kier alpha value is -2.56. The Labute approximate surface area is 315 Å². The first-order valence-electron chi connectivity index (χ1n) is 18.2. The van der Waals surface area contributed by atoms with Gasteiger partial charge in [-0.2, -0.15) is 0 Å². The second kappa shape index (κ2) is 21.8. The van der Waals surface area contributed by atoms with Crippen molar-refractivity contribution in [2.24, 2.45) is 0 Å². The number of carbonyl (C=O) groups is 2. The van der Waals surface area contributed by atoms with Crippen LogP contribution in [0.5, 0.6) is 0 Å². The van der Waals surface area contributed by atoms with Gasteiger partial charge < -0.3 is 90.1 Å². The molecule has 0 radical (unpaired) electrons. The summed E-state index contributed by atoms with van der Waals surface area (Å²) in [6.07, 6.45) is -21.2. The summed E-state index contributed by atoms with van der Waals surface area (Å²) in [6, 6.07) is 0. The summed E-state index contributed by atoms with van der Waals surface area (Å²) in [5.41, 5.74) is 0.685. The summed E-state index contributed by atoms with van der Waals surface area (Å²) in [4.78, 5) is 24.1. The molecular formula is C32H55N5O18. The van der Waals surface area contributed by atoms with Crippen LogP contribution in [0, 0.1) is 0 Å². The third-order valence-electron chi connectivity index (χ3n) is 9.37. The first-order valence-corrected chi connectivity index (χ1v) is 18.2. The van der Waals surface area contributed by atoms with E-state index in [4.69, 9.17) is 28.4 Å². The third kappa shape index (κ3) is 12.2. The Morgan fingerprint density at radius 3 is 1.98 bits per heavy atom. The number of hydrogen-bond acceptors (Lipinski definition) is 20. The second-order valence-corrected chi connectivity index (χ2v) is 13.5. The molecule has 4 heterocycles. The number of nitrogens with one attached hydrogen (secondary N) is 2. The standard InChI is InChI=1S/C32H55N5O18/c1-2-33-20(41)7-6-15-11-37(36-35-15)9-4-3-5-19(40)34-8-10-50-31-28(49)29(55-32-27(48)25(46)22(43)17(13-39)53-32)23(44)18(54-31)14-51-30-26(47)24(45)21(42)16(12-38)52-30/h11,16-18,21-32,38-39,42-49H,2-10,12-14H2,1H3,(H,33,41)(H,34,40)/t16-,17-,18-,21-,22-,23-,24+,25+,26+,27+,28+,29+,30+,31-,32-/m1/s1. The molecule has 2 amide bonds. The van der Waals surface area contributed by atoms with Gasteiger partial charge in [-0.3, -0.25) is 14.3 Å². The summed E-state index contributed by atoms with van der Waals surface area (Å²) in [5.74, 6) is -0.358. The number of aryl methyl sites for hydroxylation is 2. The fourth-order valence-corrected chi connectivity index (χ4v) is 6.17. The number of aliphatic hydroxyl groups is 10. The summed E-state index contributed by atoms with van der Waals surface area (Å²) in [7, 11) is 0. The van der Waals surface area contributed by atoms with Crippen LogP contribution in [0.15, 0.2) is 6.20 Å². The van der Waals surface area contributed by atoms with Crippen LogP contribution in [0.2, 0.25) is 0 Å². The highest BCUT2D eigenvalue weighted by Crippen LogP contribution is 2.31. The largest absolute Gasteiger partial charge is 0.394 e. The van der Waals surface area contributed by atoms with Crippen molar-refractivity contribution >= 4 is 11.8 Å². The van der Waals surface area contributed by atoms with Gasteiger partial charge in [0, 0.05) is 45.1 Å². The lowest BCUT2D eigenvalue weighted by Crippen LogP contribution is -2.65. The molecule has 3 saturated heterocycles. The minimum atomic E-state index is -1.89. The molecule has 15 atom stereocenters. The van der Waals surface area contributed by atoms with Gasteiger partial charge in [-0.15, -0.1) is 5.10 Å². The number of carbonyl (C=O) groups excluding carboxylic acids is 2. The van der Waals surface area contributed by atoms with E-state index in [9.17, 15) is 60.7 Å². The lowest BCUT2D eigenvalue weighted by molar-refractivity contribution is -0.366. The lowest BCUT2D eigenvalue weighted by atomic mass is 9.96. The van der Waals surface area contributed by atoms with Gasteiger partial charge in [0.05, 0.1) is 32.1 Å². The molecule has 0 bridgehead atoms. The Morgan fingerprint density at radius 1 is 0.727 bits per heavy atom. The maximum absolute atomic E-state index is 12.5. The number of amides is 2. The number of unbranched alkanes of at least 4 members (excludes halogenated alkanes) is 1. The van der Waals surface area contributed by atoms with E-state index in [1.807, 2.05) is 6.92 Å². The molecule has 0 aromatic carbocycles. The molecule has 55 heavy (non-hydrogen) atoms. The van der Waals surface area contributed by atoms with E-state index in [1.54, 1.807) is 10.9 Å². The predicted octanol–water partition coefficient (Wildman–Crippen LogP) is -6.90. The maximum Gasteiger partial charge on any atom is 0.220 e. The van der Waals surface area contributed by atoms with Gasteiger partial charge in [-0.25, -0.2) is 0 Å². The van der Waals surface area contributed by atoms with Crippen LogP contribution in [0.4, 0.5) is 0 Å². The summed E-state index contributed by atoms with van der Waals surface area (Å²) in [5, 5.41) is 116. The van der Waals surface area contributed by atoms with Crippen molar-refractivity contribution in [2.45, 2.75) is 138 Å². The number of aromatic nitrogens is 3. The quantitative estimate of drug-likeness (QED) is 0.0545. The SMILES string of the molecule is CCNC(=O)CCc1cn(CCCCC(=O)NCCO[C@@H]2O[C@H](CO[C@H]3O[C@H](CO)[C@@H](O)[C@H](O)[C@@H]3O)[C@@H](O)[C@H](O[C@H]3O[C@H](CO)[C@@H](O)[C@H](O)[C@@H]3O)[C@@H]2O)nn1. The molecule has 0 unspecified atom stereocenters. The zero-order valence-electron chi connectivity index (χ0n) is 30.3. The van der Waals surface area contributed by atoms with Gasteiger partial charge in [0.2, 0.25) is 11.8 Å². The van der Waals surface area contributed by atoms with Crippen molar-refractivity contribution in [3.05, 3.63) is 11.9 Å². The highest BCUT2D eigenvalue weighted by atomic mass is 16.7. The molecule has 0 saturated carbocycles. The highest BCUT2D eigenvalue weighted by molar-refractivity contribution is 5.76. The normalized spacial score (nSPS) is 36.7. The van der Waals surface area contributed by atoms with E-state index in [0.29, 0.717) is 44.5 Å². The molecule has 3 aliphatic rings. The Morgan fingerprint density at radius 2 is 1.33 bits per heavy atom. The Balaban J connectivity index is 1.29. The van der Waals surface area contributed by atoms with Crippen molar-refractivity contribution < 1.29 is 89.1 Å². The van der Waals surface area contributed by atoms with Crippen molar-refractivity contribution in [1.82, 2.24) is 25.6 Å². The summed E-state index contributed by atoms with van der Waals surface area (Å²) >= 11 is 0. The van der Waals surface area contributed by atoms with Crippen LogP contribution in [0.25, 0.3) is 0 Å². The fraction of sp³-hybridized carbons (Fsp3) is 0.875. The topological polar surface area (TPSA) is 347 Å².